The second-order valence-electron chi connectivity index (χ2n) is 5.13. The van der Waals surface area contributed by atoms with Crippen molar-refractivity contribution in [2.45, 2.75) is 11.8 Å². The molecule has 0 saturated carbocycles. The van der Waals surface area contributed by atoms with Crippen molar-refractivity contribution in [1.82, 2.24) is 0 Å². The van der Waals surface area contributed by atoms with Crippen LogP contribution in [0.2, 0.25) is 0 Å². The Morgan fingerprint density at radius 3 is 2.43 bits per heavy atom. The van der Waals surface area contributed by atoms with Crippen LogP contribution in [-0.2, 0) is 10.1 Å². The van der Waals surface area contributed by atoms with Crippen LogP contribution < -0.4 is 9.02 Å². The fourth-order valence-corrected chi connectivity index (χ4v) is 3.40. The summed E-state index contributed by atoms with van der Waals surface area (Å²) in [5, 5.41) is 1.58. The van der Waals surface area contributed by atoms with E-state index in [-0.39, 0.29) is 10.6 Å². The summed E-state index contributed by atoms with van der Waals surface area (Å²) in [6, 6.07) is 17.0. The molecule has 0 aliphatic rings. The third kappa shape index (κ3) is 3.25. The first-order chi connectivity index (χ1) is 11.0. The van der Waals surface area contributed by atoms with Gasteiger partial charge in [-0.25, -0.2) is 0 Å². The second kappa shape index (κ2) is 6.10. The van der Waals surface area contributed by atoms with E-state index in [1.54, 1.807) is 42.5 Å². The molecule has 0 radical (unpaired) electrons. The van der Waals surface area contributed by atoms with Crippen LogP contribution in [0.25, 0.3) is 10.8 Å². The SMILES string of the molecule is Cc1ccc(OS(=O)(=O)c2ccc3c(NCl)cccc3c2)cc1. The molecule has 0 saturated heterocycles. The zero-order valence-corrected chi connectivity index (χ0v) is 13.9. The lowest BCUT2D eigenvalue weighted by atomic mass is 10.1. The van der Waals surface area contributed by atoms with E-state index in [4.69, 9.17) is 16.0 Å². The quantitative estimate of drug-likeness (QED) is 0.558. The molecule has 3 rings (SSSR count). The molecule has 118 valence electrons. The van der Waals surface area contributed by atoms with Gasteiger partial charge in [0.25, 0.3) is 0 Å². The Kier molecular flexibility index (Phi) is 4.15. The second-order valence-corrected chi connectivity index (χ2v) is 6.87. The maximum atomic E-state index is 12.4. The van der Waals surface area contributed by atoms with Crippen molar-refractivity contribution in [1.29, 1.82) is 0 Å². The fourth-order valence-electron chi connectivity index (χ4n) is 2.27. The standard InChI is InChI=1S/C17H14ClNO3S/c1-12-5-7-14(8-6-12)22-23(20,21)15-9-10-16-13(11-15)3-2-4-17(16)19-18/h2-11,19H,1H3. The van der Waals surface area contributed by atoms with Crippen molar-refractivity contribution >= 4 is 38.4 Å². The average Bonchev–Trinajstić information content (AvgIpc) is 2.55. The van der Waals surface area contributed by atoms with Gasteiger partial charge in [0.1, 0.15) is 10.6 Å². The molecule has 0 aromatic heterocycles. The minimum Gasteiger partial charge on any atom is -0.379 e. The zero-order valence-electron chi connectivity index (χ0n) is 12.3. The number of rotatable bonds is 4. The number of hydrogen-bond acceptors (Lipinski definition) is 4. The summed E-state index contributed by atoms with van der Waals surface area (Å²) in [5.41, 5.74) is 1.74. The Morgan fingerprint density at radius 2 is 1.74 bits per heavy atom. The van der Waals surface area contributed by atoms with Gasteiger partial charge in [0.2, 0.25) is 0 Å². The van der Waals surface area contributed by atoms with Gasteiger partial charge < -0.3 is 4.18 Å². The van der Waals surface area contributed by atoms with E-state index in [1.807, 2.05) is 19.1 Å². The summed E-state index contributed by atoms with van der Waals surface area (Å²) in [5.74, 6) is 0.284. The predicted molar refractivity (Wildman–Crippen MR) is 92.4 cm³/mol. The third-order valence-electron chi connectivity index (χ3n) is 3.47. The molecule has 0 atom stereocenters. The minimum absolute atomic E-state index is 0.0947. The molecule has 0 spiro atoms. The van der Waals surface area contributed by atoms with Crippen molar-refractivity contribution in [2.24, 2.45) is 0 Å². The Hall–Kier alpha value is -2.24. The van der Waals surface area contributed by atoms with Crippen molar-refractivity contribution in [3.63, 3.8) is 0 Å². The van der Waals surface area contributed by atoms with E-state index in [9.17, 15) is 8.42 Å². The molecule has 0 amide bonds. The molecule has 0 unspecified atom stereocenters. The van der Waals surface area contributed by atoms with E-state index in [0.29, 0.717) is 5.69 Å². The fraction of sp³-hybridized carbons (Fsp3) is 0.0588. The third-order valence-corrected chi connectivity index (χ3v) is 4.92. The van der Waals surface area contributed by atoms with Crippen LogP contribution in [0.5, 0.6) is 5.75 Å². The van der Waals surface area contributed by atoms with Crippen LogP contribution in [0.3, 0.4) is 0 Å². The van der Waals surface area contributed by atoms with Gasteiger partial charge in [-0.15, -0.1) is 0 Å². The Morgan fingerprint density at radius 1 is 1.00 bits per heavy atom. The van der Waals surface area contributed by atoms with Gasteiger partial charge in [-0.1, -0.05) is 35.9 Å². The lowest BCUT2D eigenvalue weighted by Gasteiger charge is -2.09. The van der Waals surface area contributed by atoms with Crippen molar-refractivity contribution < 1.29 is 12.6 Å². The molecule has 4 nitrogen and oxygen atoms in total. The summed E-state index contributed by atoms with van der Waals surface area (Å²) in [7, 11) is -3.89. The van der Waals surface area contributed by atoms with E-state index in [2.05, 4.69) is 4.84 Å². The zero-order chi connectivity index (χ0) is 16.4. The maximum Gasteiger partial charge on any atom is 0.339 e. The van der Waals surface area contributed by atoms with Crippen molar-refractivity contribution in [3.05, 3.63) is 66.2 Å². The highest BCUT2D eigenvalue weighted by Crippen LogP contribution is 2.27. The lowest BCUT2D eigenvalue weighted by molar-refractivity contribution is 0.486. The van der Waals surface area contributed by atoms with E-state index < -0.39 is 10.1 Å². The first kappa shape index (κ1) is 15.6. The average molecular weight is 348 g/mol. The molecule has 6 heteroatoms. The normalized spacial score (nSPS) is 11.4. The number of fused-ring (bicyclic) bond motifs is 1. The number of hydrogen-bond donors (Lipinski definition) is 1. The molecule has 0 aliphatic carbocycles. The maximum absolute atomic E-state index is 12.4. The molecule has 1 N–H and O–H groups in total. The summed E-state index contributed by atoms with van der Waals surface area (Å²) in [4.78, 5) is 2.66. The first-order valence-corrected chi connectivity index (χ1v) is 8.69. The highest BCUT2D eigenvalue weighted by molar-refractivity contribution is 7.87. The summed E-state index contributed by atoms with van der Waals surface area (Å²) < 4.78 is 30.0. The van der Waals surface area contributed by atoms with Gasteiger partial charge in [-0.3, -0.25) is 4.84 Å². The monoisotopic (exact) mass is 347 g/mol. The smallest absolute Gasteiger partial charge is 0.339 e. The number of aryl methyl sites for hydroxylation is 1. The largest absolute Gasteiger partial charge is 0.379 e. The Balaban J connectivity index is 1.99. The number of halogens is 1. The molecule has 3 aromatic rings. The van der Waals surface area contributed by atoms with E-state index >= 15 is 0 Å². The highest BCUT2D eigenvalue weighted by atomic mass is 35.5. The highest BCUT2D eigenvalue weighted by Gasteiger charge is 2.17. The molecule has 0 fully saturated rings. The van der Waals surface area contributed by atoms with Crippen molar-refractivity contribution in [3.8, 4) is 5.75 Å². The number of anilines is 1. The Labute approximate surface area is 139 Å². The molecule has 3 aromatic carbocycles. The van der Waals surface area contributed by atoms with Crippen molar-refractivity contribution in [2.75, 3.05) is 4.84 Å². The van der Waals surface area contributed by atoms with Gasteiger partial charge in [0, 0.05) is 17.2 Å². The minimum atomic E-state index is -3.89. The lowest BCUT2D eigenvalue weighted by Crippen LogP contribution is -2.09. The number of nitrogens with one attached hydrogen (secondary N) is 1. The van der Waals surface area contributed by atoms with Crippen LogP contribution in [-0.4, -0.2) is 8.42 Å². The van der Waals surface area contributed by atoms with Gasteiger partial charge in [0.15, 0.2) is 0 Å². The van der Waals surface area contributed by atoms with Crippen LogP contribution in [0.4, 0.5) is 5.69 Å². The van der Waals surface area contributed by atoms with E-state index in [1.165, 1.54) is 6.07 Å². The molecule has 0 heterocycles. The van der Waals surface area contributed by atoms with Crippen LogP contribution >= 0.6 is 11.8 Å². The molecule has 23 heavy (non-hydrogen) atoms. The summed E-state index contributed by atoms with van der Waals surface area (Å²) >= 11 is 5.66. The first-order valence-electron chi connectivity index (χ1n) is 6.90. The predicted octanol–water partition coefficient (Wildman–Crippen LogP) is 4.48. The van der Waals surface area contributed by atoms with Crippen LogP contribution in [0.15, 0.2) is 65.6 Å². The van der Waals surface area contributed by atoms with Gasteiger partial charge in [-0.05, 0) is 42.6 Å². The van der Waals surface area contributed by atoms with Crippen LogP contribution in [0, 0.1) is 6.92 Å². The Bertz CT molecular complexity index is 953. The van der Waals surface area contributed by atoms with Gasteiger partial charge >= 0.3 is 10.1 Å². The molecule has 0 bridgehead atoms. The summed E-state index contributed by atoms with van der Waals surface area (Å²) in [6.07, 6.45) is 0. The molecular weight excluding hydrogens is 334 g/mol. The number of benzene rings is 3. The molecular formula is C17H14ClNO3S. The van der Waals surface area contributed by atoms with Crippen LogP contribution in [0.1, 0.15) is 5.56 Å². The van der Waals surface area contributed by atoms with E-state index in [0.717, 1.165) is 16.3 Å². The van der Waals surface area contributed by atoms with Gasteiger partial charge in [-0.2, -0.15) is 8.42 Å². The summed E-state index contributed by atoms with van der Waals surface area (Å²) in [6.45, 7) is 1.92. The molecule has 0 aliphatic heterocycles. The topological polar surface area (TPSA) is 55.4 Å². The van der Waals surface area contributed by atoms with Gasteiger partial charge in [0.05, 0.1) is 5.69 Å².